The lowest BCUT2D eigenvalue weighted by Crippen LogP contribution is -2.26. The minimum atomic E-state index is -3.07. The first-order valence-corrected chi connectivity index (χ1v) is 11.0. The van der Waals surface area contributed by atoms with Crippen LogP contribution in [0.4, 0.5) is 5.82 Å². The third kappa shape index (κ3) is 3.03. The SMILES string of the molecule is COc1cccc([C@H]2CC(=O)Nc3c2c(C)nn3[C@@H]2CCS(=O)(=O)C2)c1OC. The lowest BCUT2D eigenvalue weighted by atomic mass is 9.85. The minimum Gasteiger partial charge on any atom is -0.493 e. The number of nitrogens with zero attached hydrogens (tertiary/aromatic N) is 2. The molecule has 150 valence electrons. The van der Waals surface area contributed by atoms with Crippen molar-refractivity contribution in [1.29, 1.82) is 0 Å². The molecule has 3 heterocycles. The fourth-order valence-electron chi connectivity index (χ4n) is 4.26. The zero-order valence-electron chi connectivity index (χ0n) is 16.1. The number of hydrogen-bond acceptors (Lipinski definition) is 6. The topological polar surface area (TPSA) is 99.5 Å². The van der Waals surface area contributed by atoms with E-state index in [2.05, 4.69) is 10.4 Å². The largest absolute Gasteiger partial charge is 0.493 e. The van der Waals surface area contributed by atoms with Crippen LogP contribution >= 0.6 is 0 Å². The number of nitrogens with one attached hydrogen (secondary N) is 1. The molecular formula is C19H23N3O5S. The molecule has 2 aromatic rings. The van der Waals surface area contributed by atoms with Crippen LogP contribution < -0.4 is 14.8 Å². The summed E-state index contributed by atoms with van der Waals surface area (Å²) < 4.78 is 36.5. The van der Waals surface area contributed by atoms with Gasteiger partial charge in [0.15, 0.2) is 21.3 Å². The average Bonchev–Trinajstić information content (AvgIpc) is 3.19. The van der Waals surface area contributed by atoms with Gasteiger partial charge in [0.2, 0.25) is 5.91 Å². The van der Waals surface area contributed by atoms with Gasteiger partial charge in [-0.05, 0) is 19.4 Å². The highest BCUT2D eigenvalue weighted by Crippen LogP contribution is 2.46. The first-order valence-electron chi connectivity index (χ1n) is 9.14. The summed E-state index contributed by atoms with van der Waals surface area (Å²) in [5, 5.41) is 7.53. The molecule has 0 unspecified atom stereocenters. The average molecular weight is 405 g/mol. The number of amides is 1. The third-order valence-electron chi connectivity index (χ3n) is 5.49. The van der Waals surface area contributed by atoms with Crippen molar-refractivity contribution in [2.75, 3.05) is 31.0 Å². The third-order valence-corrected chi connectivity index (χ3v) is 7.24. The van der Waals surface area contributed by atoms with Crippen molar-refractivity contribution < 1.29 is 22.7 Å². The lowest BCUT2D eigenvalue weighted by molar-refractivity contribution is -0.116. The number of methoxy groups -OCH3 is 2. The molecule has 2 aliphatic rings. The van der Waals surface area contributed by atoms with E-state index in [0.29, 0.717) is 23.7 Å². The van der Waals surface area contributed by atoms with Gasteiger partial charge in [-0.15, -0.1) is 0 Å². The summed E-state index contributed by atoms with van der Waals surface area (Å²) >= 11 is 0. The number of hydrogen-bond donors (Lipinski definition) is 1. The van der Waals surface area contributed by atoms with E-state index in [1.807, 2.05) is 25.1 Å². The number of benzene rings is 1. The fourth-order valence-corrected chi connectivity index (χ4v) is 5.95. The molecule has 1 fully saturated rings. The Labute approximate surface area is 163 Å². The summed E-state index contributed by atoms with van der Waals surface area (Å²) in [7, 11) is 0.0782. The molecule has 0 spiro atoms. The molecule has 1 aromatic heterocycles. The van der Waals surface area contributed by atoms with Gasteiger partial charge >= 0.3 is 0 Å². The van der Waals surface area contributed by atoms with Gasteiger partial charge in [0.1, 0.15) is 5.82 Å². The Morgan fingerprint density at radius 3 is 2.68 bits per heavy atom. The van der Waals surface area contributed by atoms with Gasteiger partial charge in [-0.2, -0.15) is 5.10 Å². The Morgan fingerprint density at radius 1 is 1.25 bits per heavy atom. The number of para-hydroxylation sites is 1. The highest BCUT2D eigenvalue weighted by Gasteiger charge is 2.38. The van der Waals surface area contributed by atoms with E-state index in [1.54, 1.807) is 18.9 Å². The van der Waals surface area contributed by atoms with Gasteiger partial charge in [0.25, 0.3) is 0 Å². The summed E-state index contributed by atoms with van der Waals surface area (Å²) in [5.41, 5.74) is 2.52. The van der Waals surface area contributed by atoms with E-state index in [0.717, 1.165) is 16.8 Å². The van der Waals surface area contributed by atoms with Gasteiger partial charge < -0.3 is 14.8 Å². The van der Waals surface area contributed by atoms with Crippen LogP contribution in [-0.2, 0) is 14.6 Å². The molecule has 4 rings (SSSR count). The standard InChI is InChI=1S/C19H23N3O5S/c1-11-17-14(13-5-4-6-15(26-2)18(13)27-3)9-16(23)20-19(17)22(21-11)12-7-8-28(24,25)10-12/h4-6,12,14H,7-10H2,1-3H3,(H,20,23)/t12-,14-/m1/s1. The summed E-state index contributed by atoms with van der Waals surface area (Å²) in [5.74, 6) is 1.58. The zero-order chi connectivity index (χ0) is 20.1. The maximum Gasteiger partial charge on any atom is 0.226 e. The van der Waals surface area contributed by atoms with Crippen LogP contribution in [0.5, 0.6) is 11.5 Å². The molecule has 2 aliphatic heterocycles. The number of aromatic nitrogens is 2. The van der Waals surface area contributed by atoms with Crippen LogP contribution in [0.25, 0.3) is 0 Å². The second-order valence-electron chi connectivity index (χ2n) is 7.24. The van der Waals surface area contributed by atoms with E-state index in [4.69, 9.17) is 9.47 Å². The number of carbonyl (C=O) groups excluding carboxylic acids is 1. The van der Waals surface area contributed by atoms with Crippen molar-refractivity contribution in [2.24, 2.45) is 0 Å². The molecule has 9 heteroatoms. The van der Waals surface area contributed by atoms with E-state index in [-0.39, 0.29) is 35.8 Å². The molecule has 8 nitrogen and oxygen atoms in total. The van der Waals surface area contributed by atoms with Crippen LogP contribution in [0, 0.1) is 6.92 Å². The second kappa shape index (κ2) is 6.80. The maximum absolute atomic E-state index is 12.5. The molecule has 1 aromatic carbocycles. The molecule has 0 bridgehead atoms. The molecule has 1 N–H and O–H groups in total. The van der Waals surface area contributed by atoms with E-state index in [9.17, 15) is 13.2 Å². The monoisotopic (exact) mass is 405 g/mol. The Hall–Kier alpha value is -2.55. The van der Waals surface area contributed by atoms with Gasteiger partial charge in [-0.3, -0.25) is 4.79 Å². The van der Waals surface area contributed by atoms with Gasteiger partial charge in [0, 0.05) is 23.5 Å². The molecule has 1 saturated heterocycles. The molecule has 1 amide bonds. The first kappa shape index (κ1) is 18.8. The number of carbonyl (C=O) groups is 1. The van der Waals surface area contributed by atoms with E-state index in [1.165, 1.54) is 0 Å². The predicted octanol–water partition coefficient (Wildman–Crippen LogP) is 2.04. The summed E-state index contributed by atoms with van der Waals surface area (Å²) in [4.78, 5) is 12.5. The highest BCUT2D eigenvalue weighted by molar-refractivity contribution is 7.91. The predicted molar refractivity (Wildman–Crippen MR) is 104 cm³/mol. The molecule has 0 saturated carbocycles. The molecule has 0 aliphatic carbocycles. The Bertz CT molecular complexity index is 1040. The highest BCUT2D eigenvalue weighted by atomic mass is 32.2. The van der Waals surface area contributed by atoms with E-state index < -0.39 is 9.84 Å². The molecule has 28 heavy (non-hydrogen) atoms. The van der Waals surface area contributed by atoms with Gasteiger partial charge in [-0.1, -0.05) is 12.1 Å². The van der Waals surface area contributed by atoms with Crippen LogP contribution in [-0.4, -0.2) is 49.8 Å². The Morgan fingerprint density at radius 2 is 2.04 bits per heavy atom. The summed E-state index contributed by atoms with van der Waals surface area (Å²) in [6.45, 7) is 1.88. The summed E-state index contributed by atoms with van der Waals surface area (Å²) in [6, 6.07) is 5.34. The van der Waals surface area contributed by atoms with Crippen LogP contribution in [0.15, 0.2) is 18.2 Å². The van der Waals surface area contributed by atoms with Crippen molar-refractivity contribution in [3.63, 3.8) is 0 Å². The number of fused-ring (bicyclic) bond motifs is 1. The van der Waals surface area contributed by atoms with Crippen molar-refractivity contribution in [1.82, 2.24) is 9.78 Å². The summed E-state index contributed by atoms with van der Waals surface area (Å²) in [6.07, 6.45) is 0.755. The number of sulfone groups is 1. The minimum absolute atomic E-state index is 0.0452. The van der Waals surface area contributed by atoms with Crippen LogP contribution in [0.2, 0.25) is 0 Å². The van der Waals surface area contributed by atoms with Gasteiger partial charge in [0.05, 0.1) is 37.5 Å². The number of ether oxygens (including phenoxy) is 2. The Kier molecular flexibility index (Phi) is 4.57. The van der Waals surface area contributed by atoms with Crippen molar-refractivity contribution in [2.45, 2.75) is 31.7 Å². The van der Waals surface area contributed by atoms with Crippen molar-refractivity contribution >= 4 is 21.6 Å². The molecule has 0 radical (unpaired) electrons. The van der Waals surface area contributed by atoms with Crippen LogP contribution in [0.3, 0.4) is 0 Å². The van der Waals surface area contributed by atoms with Gasteiger partial charge in [-0.25, -0.2) is 13.1 Å². The van der Waals surface area contributed by atoms with E-state index >= 15 is 0 Å². The number of anilines is 1. The smallest absolute Gasteiger partial charge is 0.226 e. The maximum atomic E-state index is 12.5. The second-order valence-corrected chi connectivity index (χ2v) is 9.47. The lowest BCUT2D eigenvalue weighted by Gasteiger charge is -2.27. The number of aryl methyl sites for hydroxylation is 1. The fraction of sp³-hybridized carbons (Fsp3) is 0.474. The van der Waals surface area contributed by atoms with Crippen LogP contribution in [0.1, 0.15) is 41.6 Å². The normalized spacial score (nSPS) is 23.2. The first-order chi connectivity index (χ1) is 13.3. The Balaban J connectivity index is 1.84. The zero-order valence-corrected chi connectivity index (χ0v) is 16.9. The molecule has 2 atom stereocenters. The van der Waals surface area contributed by atoms with Crippen molar-refractivity contribution in [3.8, 4) is 11.5 Å². The van der Waals surface area contributed by atoms with Crippen molar-refractivity contribution in [3.05, 3.63) is 35.0 Å². The number of rotatable bonds is 4. The quantitative estimate of drug-likeness (QED) is 0.836. The molecular weight excluding hydrogens is 382 g/mol.